The number of hydrogen-bond donors (Lipinski definition) is 1. The van der Waals surface area contributed by atoms with Gasteiger partial charge in [0.25, 0.3) is 0 Å². The van der Waals surface area contributed by atoms with Gasteiger partial charge < -0.3 is 10.2 Å². The molecule has 1 aliphatic heterocycles. The minimum absolute atomic E-state index is 0.615. The zero-order chi connectivity index (χ0) is 12.4. The Hall–Kier alpha value is -1.02. The molecule has 1 aromatic carbocycles. The van der Waals surface area contributed by atoms with Crippen LogP contribution in [-0.4, -0.2) is 25.7 Å². The predicted molar refractivity (Wildman–Crippen MR) is 74.8 cm³/mol. The highest BCUT2D eigenvalue weighted by atomic mass is 15.2. The number of benzene rings is 1. The SMILES string of the molecule is Cc1ccc(C)c(N2CCNCC2C(C)C)c1. The first-order valence-corrected chi connectivity index (χ1v) is 6.64. The van der Waals surface area contributed by atoms with Crippen molar-refractivity contribution in [3.05, 3.63) is 29.3 Å². The van der Waals surface area contributed by atoms with Crippen LogP contribution in [0.15, 0.2) is 18.2 Å². The van der Waals surface area contributed by atoms with Crippen LogP contribution < -0.4 is 10.2 Å². The summed E-state index contributed by atoms with van der Waals surface area (Å²) in [4.78, 5) is 2.59. The summed E-state index contributed by atoms with van der Waals surface area (Å²) in [6.07, 6.45) is 0. The molecule has 1 saturated heterocycles. The molecule has 1 fully saturated rings. The molecule has 1 atom stereocenters. The van der Waals surface area contributed by atoms with Crippen molar-refractivity contribution in [2.24, 2.45) is 5.92 Å². The molecule has 94 valence electrons. The minimum Gasteiger partial charge on any atom is -0.366 e. The molecule has 0 saturated carbocycles. The van der Waals surface area contributed by atoms with Crippen molar-refractivity contribution in [3.63, 3.8) is 0 Å². The fourth-order valence-electron chi connectivity index (χ4n) is 2.65. The molecule has 1 aromatic rings. The lowest BCUT2D eigenvalue weighted by atomic mass is 9.98. The minimum atomic E-state index is 0.615. The van der Waals surface area contributed by atoms with Gasteiger partial charge in [0.05, 0.1) is 0 Å². The Morgan fingerprint density at radius 2 is 2.06 bits per heavy atom. The topological polar surface area (TPSA) is 15.3 Å². The summed E-state index contributed by atoms with van der Waals surface area (Å²) < 4.78 is 0. The van der Waals surface area contributed by atoms with Gasteiger partial charge in [0, 0.05) is 31.4 Å². The standard InChI is InChI=1S/C15H24N2/c1-11(2)15-10-16-7-8-17(15)14-9-12(3)5-6-13(14)4/h5-6,9,11,15-16H,7-8,10H2,1-4H3. The smallest absolute Gasteiger partial charge is 0.0438 e. The van der Waals surface area contributed by atoms with Crippen LogP contribution in [-0.2, 0) is 0 Å². The molecule has 0 radical (unpaired) electrons. The third-order valence-electron chi connectivity index (χ3n) is 3.73. The Labute approximate surface area is 105 Å². The molecule has 0 spiro atoms. The molecule has 1 N–H and O–H groups in total. The summed E-state index contributed by atoms with van der Waals surface area (Å²) in [6.45, 7) is 12.3. The summed E-state index contributed by atoms with van der Waals surface area (Å²) in [5, 5.41) is 3.51. The summed E-state index contributed by atoms with van der Waals surface area (Å²) in [5.41, 5.74) is 4.17. The Morgan fingerprint density at radius 1 is 1.29 bits per heavy atom. The summed E-state index contributed by atoms with van der Waals surface area (Å²) in [5.74, 6) is 0.683. The molecule has 1 unspecified atom stereocenters. The number of nitrogens with zero attached hydrogens (tertiary/aromatic N) is 1. The quantitative estimate of drug-likeness (QED) is 0.843. The van der Waals surface area contributed by atoms with E-state index in [1.165, 1.54) is 16.8 Å². The lowest BCUT2D eigenvalue weighted by Gasteiger charge is -2.41. The highest BCUT2D eigenvalue weighted by Crippen LogP contribution is 2.26. The highest BCUT2D eigenvalue weighted by molar-refractivity contribution is 5.56. The van der Waals surface area contributed by atoms with Gasteiger partial charge in [0.1, 0.15) is 0 Å². The highest BCUT2D eigenvalue weighted by Gasteiger charge is 2.25. The summed E-state index contributed by atoms with van der Waals surface area (Å²) >= 11 is 0. The van der Waals surface area contributed by atoms with E-state index in [0.29, 0.717) is 12.0 Å². The van der Waals surface area contributed by atoms with Crippen LogP contribution in [0.25, 0.3) is 0 Å². The monoisotopic (exact) mass is 232 g/mol. The molecular weight excluding hydrogens is 208 g/mol. The van der Waals surface area contributed by atoms with Crippen LogP contribution in [0.2, 0.25) is 0 Å². The van der Waals surface area contributed by atoms with Gasteiger partial charge in [-0.2, -0.15) is 0 Å². The van der Waals surface area contributed by atoms with Crippen molar-refractivity contribution >= 4 is 5.69 Å². The number of piperazine rings is 1. The molecule has 2 rings (SSSR count). The lowest BCUT2D eigenvalue weighted by Crippen LogP contribution is -2.54. The predicted octanol–water partition coefficient (Wildman–Crippen LogP) is 2.74. The van der Waals surface area contributed by atoms with E-state index in [4.69, 9.17) is 0 Å². The van der Waals surface area contributed by atoms with Gasteiger partial charge in [-0.3, -0.25) is 0 Å². The number of rotatable bonds is 2. The molecule has 17 heavy (non-hydrogen) atoms. The third kappa shape index (κ3) is 2.63. The van der Waals surface area contributed by atoms with Gasteiger partial charge in [-0.25, -0.2) is 0 Å². The van der Waals surface area contributed by atoms with Crippen LogP contribution in [0, 0.1) is 19.8 Å². The van der Waals surface area contributed by atoms with E-state index in [9.17, 15) is 0 Å². The van der Waals surface area contributed by atoms with Gasteiger partial charge in [-0.05, 0) is 37.0 Å². The molecular formula is C15H24N2. The maximum atomic E-state index is 3.51. The van der Waals surface area contributed by atoms with E-state index in [-0.39, 0.29) is 0 Å². The Morgan fingerprint density at radius 3 is 2.76 bits per heavy atom. The Bertz CT molecular complexity index is 385. The zero-order valence-corrected chi connectivity index (χ0v) is 11.5. The second-order valence-electron chi connectivity index (χ2n) is 5.50. The number of anilines is 1. The van der Waals surface area contributed by atoms with E-state index in [1.807, 2.05) is 0 Å². The largest absolute Gasteiger partial charge is 0.366 e. The summed E-state index contributed by atoms with van der Waals surface area (Å²) in [6, 6.07) is 7.38. The average Bonchev–Trinajstić information content (AvgIpc) is 2.32. The van der Waals surface area contributed by atoms with E-state index in [1.54, 1.807) is 0 Å². The lowest BCUT2D eigenvalue weighted by molar-refractivity contribution is 0.390. The van der Waals surface area contributed by atoms with Crippen molar-refractivity contribution in [1.82, 2.24) is 5.32 Å². The molecule has 1 aliphatic rings. The van der Waals surface area contributed by atoms with E-state index >= 15 is 0 Å². The van der Waals surface area contributed by atoms with Crippen molar-refractivity contribution in [3.8, 4) is 0 Å². The first kappa shape index (κ1) is 12.4. The van der Waals surface area contributed by atoms with Gasteiger partial charge >= 0.3 is 0 Å². The fourth-order valence-corrected chi connectivity index (χ4v) is 2.65. The van der Waals surface area contributed by atoms with Crippen molar-refractivity contribution in [1.29, 1.82) is 0 Å². The maximum Gasteiger partial charge on any atom is 0.0438 e. The van der Waals surface area contributed by atoms with Crippen molar-refractivity contribution in [2.45, 2.75) is 33.7 Å². The van der Waals surface area contributed by atoms with E-state index in [0.717, 1.165) is 19.6 Å². The molecule has 0 amide bonds. The van der Waals surface area contributed by atoms with Gasteiger partial charge in [-0.15, -0.1) is 0 Å². The zero-order valence-electron chi connectivity index (χ0n) is 11.5. The number of hydrogen-bond acceptors (Lipinski definition) is 2. The molecule has 1 heterocycles. The van der Waals surface area contributed by atoms with Crippen LogP contribution in [0.1, 0.15) is 25.0 Å². The van der Waals surface area contributed by atoms with Crippen LogP contribution in [0.3, 0.4) is 0 Å². The molecule has 0 aliphatic carbocycles. The molecule has 2 heteroatoms. The fraction of sp³-hybridized carbons (Fsp3) is 0.600. The Balaban J connectivity index is 2.32. The van der Waals surface area contributed by atoms with Gasteiger partial charge in [0.2, 0.25) is 0 Å². The van der Waals surface area contributed by atoms with E-state index in [2.05, 4.69) is 56.1 Å². The second-order valence-corrected chi connectivity index (χ2v) is 5.50. The maximum absolute atomic E-state index is 3.51. The first-order chi connectivity index (χ1) is 8.09. The van der Waals surface area contributed by atoms with Crippen LogP contribution in [0.4, 0.5) is 5.69 Å². The van der Waals surface area contributed by atoms with Crippen LogP contribution >= 0.6 is 0 Å². The van der Waals surface area contributed by atoms with Gasteiger partial charge in [-0.1, -0.05) is 26.0 Å². The van der Waals surface area contributed by atoms with Crippen LogP contribution in [0.5, 0.6) is 0 Å². The number of aryl methyl sites for hydroxylation is 2. The second kappa shape index (κ2) is 5.09. The average molecular weight is 232 g/mol. The number of nitrogens with one attached hydrogen (secondary N) is 1. The molecule has 0 aromatic heterocycles. The van der Waals surface area contributed by atoms with Crippen molar-refractivity contribution in [2.75, 3.05) is 24.5 Å². The molecule has 0 bridgehead atoms. The van der Waals surface area contributed by atoms with Gasteiger partial charge in [0.15, 0.2) is 0 Å². The molecule has 2 nitrogen and oxygen atoms in total. The van der Waals surface area contributed by atoms with Crippen molar-refractivity contribution < 1.29 is 0 Å². The third-order valence-corrected chi connectivity index (χ3v) is 3.73. The summed E-state index contributed by atoms with van der Waals surface area (Å²) in [7, 11) is 0. The normalized spacial score (nSPS) is 21.0. The first-order valence-electron chi connectivity index (χ1n) is 6.64. The van der Waals surface area contributed by atoms with E-state index < -0.39 is 0 Å². The Kier molecular flexibility index (Phi) is 3.72.